The maximum Gasteiger partial charge on any atom is 0.338 e. The third kappa shape index (κ3) is 5.96. The molecular formula is C27H23FN2O4S. The number of halogens is 1. The van der Waals surface area contributed by atoms with Crippen LogP contribution >= 0.6 is 11.8 Å². The highest BCUT2D eigenvalue weighted by molar-refractivity contribution is 8.18. The number of hydrogen-bond donors (Lipinski definition) is 0. The van der Waals surface area contributed by atoms with Crippen molar-refractivity contribution in [2.45, 2.75) is 13.5 Å². The molecule has 0 aliphatic carbocycles. The summed E-state index contributed by atoms with van der Waals surface area (Å²) in [5.41, 5.74) is 2.64. The zero-order valence-electron chi connectivity index (χ0n) is 19.2. The van der Waals surface area contributed by atoms with Crippen molar-refractivity contribution in [3.05, 3.63) is 100 Å². The molecule has 1 aliphatic heterocycles. The van der Waals surface area contributed by atoms with Gasteiger partial charge in [0.05, 0.1) is 22.8 Å². The van der Waals surface area contributed by atoms with Gasteiger partial charge in [0.25, 0.3) is 5.91 Å². The lowest BCUT2D eigenvalue weighted by Crippen LogP contribution is -2.23. The normalized spacial score (nSPS) is 15.6. The molecule has 1 aliphatic rings. The molecule has 0 radical (unpaired) electrons. The third-order valence-electron chi connectivity index (χ3n) is 5.12. The first kappa shape index (κ1) is 24.2. The second kappa shape index (κ2) is 11.0. The van der Waals surface area contributed by atoms with Gasteiger partial charge in [0.15, 0.2) is 5.17 Å². The van der Waals surface area contributed by atoms with Gasteiger partial charge in [0, 0.05) is 12.6 Å². The van der Waals surface area contributed by atoms with E-state index < -0.39 is 0 Å². The average molecular weight is 491 g/mol. The minimum Gasteiger partial charge on any atom is -0.488 e. The Morgan fingerprint density at radius 1 is 1.06 bits per heavy atom. The van der Waals surface area contributed by atoms with E-state index >= 15 is 0 Å². The third-order valence-corrected chi connectivity index (χ3v) is 6.18. The molecule has 0 unspecified atom stereocenters. The van der Waals surface area contributed by atoms with E-state index in [0.717, 1.165) is 11.1 Å². The number of ether oxygens (including phenoxy) is 2. The number of carbonyl (C=O) groups excluding carboxylic acids is 2. The molecular weight excluding hydrogens is 467 g/mol. The predicted octanol–water partition coefficient (Wildman–Crippen LogP) is 5.82. The van der Waals surface area contributed by atoms with E-state index in [1.165, 1.54) is 28.8 Å². The predicted molar refractivity (Wildman–Crippen MR) is 135 cm³/mol. The van der Waals surface area contributed by atoms with Crippen molar-refractivity contribution in [1.29, 1.82) is 0 Å². The Kier molecular flexibility index (Phi) is 7.62. The quantitative estimate of drug-likeness (QED) is 0.309. The second-order valence-electron chi connectivity index (χ2n) is 7.59. The molecule has 1 fully saturated rings. The molecule has 178 valence electrons. The molecule has 35 heavy (non-hydrogen) atoms. The maximum absolute atomic E-state index is 13.1. The molecule has 1 heterocycles. The van der Waals surface area contributed by atoms with Crippen LogP contribution in [0.4, 0.5) is 10.1 Å². The molecule has 6 nitrogen and oxygen atoms in total. The first-order valence-corrected chi connectivity index (χ1v) is 11.8. The molecule has 8 heteroatoms. The van der Waals surface area contributed by atoms with Gasteiger partial charge in [-0.15, -0.1) is 0 Å². The first-order chi connectivity index (χ1) is 16.9. The van der Waals surface area contributed by atoms with E-state index in [1.807, 2.05) is 24.3 Å². The maximum atomic E-state index is 13.1. The van der Waals surface area contributed by atoms with E-state index in [4.69, 9.17) is 9.47 Å². The summed E-state index contributed by atoms with van der Waals surface area (Å²) >= 11 is 1.26. The number of amides is 1. The van der Waals surface area contributed by atoms with Crippen LogP contribution in [0.5, 0.6) is 5.75 Å². The van der Waals surface area contributed by atoms with Gasteiger partial charge in [-0.05, 0) is 72.8 Å². The Morgan fingerprint density at radius 2 is 1.77 bits per heavy atom. The Morgan fingerprint density at radius 3 is 2.49 bits per heavy atom. The van der Waals surface area contributed by atoms with Crippen LogP contribution in [0.3, 0.4) is 0 Å². The van der Waals surface area contributed by atoms with Gasteiger partial charge in [0.2, 0.25) is 0 Å². The van der Waals surface area contributed by atoms with Crippen LogP contribution in [0.25, 0.3) is 6.08 Å². The summed E-state index contributed by atoms with van der Waals surface area (Å²) in [7, 11) is 1.67. The number of likely N-dealkylation sites (N-methyl/N-ethyl adjacent to an activating group) is 1. The Bertz CT molecular complexity index is 1290. The number of para-hydroxylation sites is 1. The SMILES string of the molecule is CCOC(=O)c1ccc(N=C2SC(=Cc3ccccc3OCc3ccc(F)cc3)C(=O)N2C)cc1. The number of rotatable bonds is 7. The van der Waals surface area contributed by atoms with Crippen LogP contribution in [-0.4, -0.2) is 35.6 Å². The molecule has 0 aromatic heterocycles. The first-order valence-electron chi connectivity index (χ1n) is 10.9. The van der Waals surface area contributed by atoms with Gasteiger partial charge in [0.1, 0.15) is 18.2 Å². The number of benzene rings is 3. The number of aliphatic imine (C=N–C) groups is 1. The van der Waals surface area contributed by atoms with E-state index in [1.54, 1.807) is 56.4 Å². The molecule has 1 amide bonds. The molecule has 0 spiro atoms. The molecule has 3 aromatic carbocycles. The van der Waals surface area contributed by atoms with E-state index in [0.29, 0.717) is 33.7 Å². The fourth-order valence-electron chi connectivity index (χ4n) is 3.26. The highest BCUT2D eigenvalue weighted by Crippen LogP contribution is 2.35. The Hall–Kier alpha value is -3.91. The number of nitrogens with zero attached hydrogens (tertiary/aromatic N) is 2. The average Bonchev–Trinajstić information content (AvgIpc) is 3.12. The molecule has 3 aromatic rings. The fraction of sp³-hybridized carbons (Fsp3) is 0.148. The number of thioether (sulfide) groups is 1. The Balaban J connectivity index is 1.51. The van der Waals surface area contributed by atoms with E-state index in [-0.39, 0.29) is 24.3 Å². The molecule has 4 rings (SSSR count). The smallest absolute Gasteiger partial charge is 0.338 e. The largest absolute Gasteiger partial charge is 0.488 e. The lowest BCUT2D eigenvalue weighted by Gasteiger charge is -2.10. The highest BCUT2D eigenvalue weighted by atomic mass is 32.2. The van der Waals surface area contributed by atoms with Gasteiger partial charge in [-0.3, -0.25) is 9.69 Å². The summed E-state index contributed by atoms with van der Waals surface area (Å²) in [6, 6.07) is 20.2. The summed E-state index contributed by atoms with van der Waals surface area (Å²) in [6.45, 7) is 2.33. The summed E-state index contributed by atoms with van der Waals surface area (Å²) in [5, 5.41) is 0.523. The standard InChI is InChI=1S/C27H23FN2O4S/c1-3-33-26(32)19-10-14-22(15-11-19)29-27-30(2)25(31)24(35-27)16-20-6-4-5-7-23(20)34-17-18-8-12-21(28)13-9-18/h4-16H,3,17H2,1-2H3. The van der Waals surface area contributed by atoms with Crippen molar-refractivity contribution >= 4 is 40.6 Å². The highest BCUT2D eigenvalue weighted by Gasteiger charge is 2.30. The zero-order chi connectivity index (χ0) is 24.8. The van der Waals surface area contributed by atoms with Crippen LogP contribution in [0.2, 0.25) is 0 Å². The van der Waals surface area contributed by atoms with Crippen molar-refractivity contribution in [3.63, 3.8) is 0 Å². The van der Waals surface area contributed by atoms with Crippen molar-refractivity contribution in [1.82, 2.24) is 4.90 Å². The summed E-state index contributed by atoms with van der Waals surface area (Å²) in [4.78, 5) is 31.3. The molecule has 0 bridgehead atoms. The van der Waals surface area contributed by atoms with E-state index in [2.05, 4.69) is 4.99 Å². The number of esters is 1. The van der Waals surface area contributed by atoms with Crippen molar-refractivity contribution in [3.8, 4) is 5.75 Å². The summed E-state index contributed by atoms with van der Waals surface area (Å²) < 4.78 is 24.1. The van der Waals surface area contributed by atoms with Gasteiger partial charge >= 0.3 is 5.97 Å². The number of carbonyl (C=O) groups is 2. The van der Waals surface area contributed by atoms with Crippen LogP contribution in [-0.2, 0) is 16.1 Å². The van der Waals surface area contributed by atoms with Crippen LogP contribution in [0.15, 0.2) is 82.7 Å². The Labute approximate surface area is 207 Å². The van der Waals surface area contributed by atoms with Gasteiger partial charge in [-0.2, -0.15) is 0 Å². The fourth-order valence-corrected chi connectivity index (χ4v) is 4.24. The van der Waals surface area contributed by atoms with Gasteiger partial charge in [-0.25, -0.2) is 14.2 Å². The molecule has 0 saturated carbocycles. The number of amidine groups is 1. The van der Waals surface area contributed by atoms with Crippen molar-refractivity contribution < 1.29 is 23.5 Å². The topological polar surface area (TPSA) is 68.2 Å². The molecule has 0 N–H and O–H groups in total. The van der Waals surface area contributed by atoms with E-state index in [9.17, 15) is 14.0 Å². The van der Waals surface area contributed by atoms with Crippen molar-refractivity contribution in [2.75, 3.05) is 13.7 Å². The monoisotopic (exact) mass is 490 g/mol. The minimum atomic E-state index is -0.389. The number of hydrogen-bond acceptors (Lipinski definition) is 6. The van der Waals surface area contributed by atoms with Crippen LogP contribution in [0.1, 0.15) is 28.4 Å². The van der Waals surface area contributed by atoms with Gasteiger partial charge in [-0.1, -0.05) is 30.3 Å². The van der Waals surface area contributed by atoms with Crippen LogP contribution in [0, 0.1) is 5.82 Å². The summed E-state index contributed by atoms with van der Waals surface area (Å²) in [6.07, 6.45) is 1.77. The lowest BCUT2D eigenvalue weighted by molar-refractivity contribution is -0.121. The van der Waals surface area contributed by atoms with Crippen molar-refractivity contribution in [2.24, 2.45) is 4.99 Å². The van der Waals surface area contributed by atoms with Gasteiger partial charge < -0.3 is 9.47 Å². The lowest BCUT2D eigenvalue weighted by atomic mass is 10.1. The summed E-state index contributed by atoms with van der Waals surface area (Å²) in [5.74, 6) is -0.252. The minimum absolute atomic E-state index is 0.176. The second-order valence-corrected chi connectivity index (χ2v) is 8.60. The molecule has 0 atom stereocenters. The molecule has 1 saturated heterocycles. The van der Waals surface area contributed by atoms with Crippen LogP contribution < -0.4 is 4.74 Å². The zero-order valence-corrected chi connectivity index (χ0v) is 20.0.